The Balaban J connectivity index is 1.59. The number of carbonyl (C=O) groups is 1. The summed E-state index contributed by atoms with van der Waals surface area (Å²) in [6.45, 7) is 0. The van der Waals surface area contributed by atoms with Crippen LogP contribution in [0.25, 0.3) is 21.8 Å². The Hall–Kier alpha value is -3.05. The molecule has 5 nitrogen and oxygen atoms in total. The number of aromatic nitrogens is 2. The van der Waals surface area contributed by atoms with Gasteiger partial charge in [0.1, 0.15) is 6.04 Å². The maximum absolute atomic E-state index is 12.3. The Morgan fingerprint density at radius 3 is 2.63 bits per heavy atom. The number of fused-ring (bicyclic) bond motifs is 4. The highest BCUT2D eigenvalue weighted by Crippen LogP contribution is 2.34. The zero-order valence-electron chi connectivity index (χ0n) is 15.1. The van der Waals surface area contributed by atoms with Crippen LogP contribution in [-0.2, 0) is 22.4 Å². The summed E-state index contributed by atoms with van der Waals surface area (Å²) in [5, 5.41) is 5.91. The van der Waals surface area contributed by atoms with Crippen LogP contribution in [0.15, 0.2) is 54.7 Å². The molecule has 27 heavy (non-hydrogen) atoms. The lowest BCUT2D eigenvalue weighted by molar-refractivity contribution is -0.143. The molecule has 0 radical (unpaired) electrons. The Kier molecular flexibility index (Phi) is 3.76. The van der Waals surface area contributed by atoms with E-state index in [4.69, 9.17) is 4.74 Å². The number of hydrogen-bond donors (Lipinski definition) is 3. The van der Waals surface area contributed by atoms with Crippen LogP contribution in [0.2, 0.25) is 0 Å². The average Bonchev–Trinajstić information content (AvgIpc) is 3.29. The van der Waals surface area contributed by atoms with E-state index in [0.29, 0.717) is 6.42 Å². The monoisotopic (exact) mass is 359 g/mol. The lowest BCUT2D eigenvalue weighted by Crippen LogP contribution is -2.45. The van der Waals surface area contributed by atoms with Gasteiger partial charge in [-0.05, 0) is 29.7 Å². The highest BCUT2D eigenvalue weighted by Gasteiger charge is 2.33. The predicted molar refractivity (Wildman–Crippen MR) is 106 cm³/mol. The molecule has 3 heterocycles. The maximum atomic E-state index is 12.3. The molecule has 5 heteroatoms. The minimum absolute atomic E-state index is 0.0180. The van der Waals surface area contributed by atoms with Gasteiger partial charge in [0.2, 0.25) is 0 Å². The molecule has 2 aromatic heterocycles. The number of para-hydroxylation sites is 2. The van der Waals surface area contributed by atoms with E-state index < -0.39 is 0 Å². The third-order valence-electron chi connectivity index (χ3n) is 5.59. The van der Waals surface area contributed by atoms with Crippen molar-refractivity contribution < 1.29 is 9.53 Å². The van der Waals surface area contributed by atoms with Gasteiger partial charge >= 0.3 is 5.97 Å². The van der Waals surface area contributed by atoms with Crippen LogP contribution in [0.1, 0.15) is 22.9 Å². The fourth-order valence-electron chi connectivity index (χ4n) is 4.30. The van der Waals surface area contributed by atoms with Crippen molar-refractivity contribution in [3.05, 3.63) is 71.5 Å². The number of aromatic amines is 2. The van der Waals surface area contributed by atoms with E-state index in [9.17, 15) is 4.79 Å². The normalized spacial score (nSPS) is 19.3. The van der Waals surface area contributed by atoms with Crippen molar-refractivity contribution >= 4 is 27.8 Å². The second-order valence-corrected chi connectivity index (χ2v) is 7.13. The highest BCUT2D eigenvalue weighted by molar-refractivity contribution is 5.87. The molecule has 0 saturated carbocycles. The van der Waals surface area contributed by atoms with Crippen LogP contribution >= 0.6 is 0 Å². The van der Waals surface area contributed by atoms with Crippen molar-refractivity contribution in [2.24, 2.45) is 0 Å². The summed E-state index contributed by atoms with van der Waals surface area (Å²) >= 11 is 0. The van der Waals surface area contributed by atoms with Gasteiger partial charge in [-0.1, -0.05) is 36.4 Å². The number of hydrogen-bond acceptors (Lipinski definition) is 3. The number of esters is 1. The first-order chi connectivity index (χ1) is 13.2. The molecule has 1 aliphatic rings. The number of benzene rings is 2. The van der Waals surface area contributed by atoms with E-state index in [-0.39, 0.29) is 18.1 Å². The topological polar surface area (TPSA) is 69.9 Å². The van der Waals surface area contributed by atoms with Crippen molar-refractivity contribution in [1.29, 1.82) is 0 Å². The van der Waals surface area contributed by atoms with Crippen LogP contribution in [0, 0.1) is 0 Å². The fourth-order valence-corrected chi connectivity index (χ4v) is 4.30. The van der Waals surface area contributed by atoms with E-state index in [0.717, 1.165) is 17.5 Å². The molecule has 2 aromatic carbocycles. The quantitative estimate of drug-likeness (QED) is 0.489. The van der Waals surface area contributed by atoms with Gasteiger partial charge in [0, 0.05) is 40.1 Å². The van der Waals surface area contributed by atoms with Gasteiger partial charge in [-0.15, -0.1) is 0 Å². The summed E-state index contributed by atoms with van der Waals surface area (Å²) in [5.74, 6) is -0.213. The minimum Gasteiger partial charge on any atom is -0.468 e. The molecule has 2 atom stereocenters. The van der Waals surface area contributed by atoms with Crippen LogP contribution in [0.5, 0.6) is 0 Å². The molecule has 136 valence electrons. The first kappa shape index (κ1) is 16.1. The second-order valence-electron chi connectivity index (χ2n) is 7.13. The van der Waals surface area contributed by atoms with E-state index in [1.54, 1.807) is 0 Å². The van der Waals surface area contributed by atoms with Gasteiger partial charge in [0.05, 0.1) is 13.2 Å². The lowest BCUT2D eigenvalue weighted by Gasteiger charge is -2.30. The van der Waals surface area contributed by atoms with Crippen molar-refractivity contribution in [1.82, 2.24) is 15.3 Å². The second kappa shape index (κ2) is 6.28. The van der Waals surface area contributed by atoms with Crippen LogP contribution in [0.3, 0.4) is 0 Å². The van der Waals surface area contributed by atoms with E-state index in [1.165, 1.54) is 34.7 Å². The zero-order valence-corrected chi connectivity index (χ0v) is 15.1. The summed E-state index contributed by atoms with van der Waals surface area (Å²) in [6, 6.07) is 16.3. The maximum Gasteiger partial charge on any atom is 0.323 e. The van der Waals surface area contributed by atoms with Gasteiger partial charge in [-0.2, -0.15) is 0 Å². The van der Waals surface area contributed by atoms with Crippen LogP contribution < -0.4 is 5.32 Å². The number of rotatable bonds is 3. The third-order valence-corrected chi connectivity index (χ3v) is 5.59. The van der Waals surface area contributed by atoms with Crippen molar-refractivity contribution in [3.8, 4) is 0 Å². The first-order valence-electron chi connectivity index (χ1n) is 9.23. The summed E-state index contributed by atoms with van der Waals surface area (Å²) in [7, 11) is 1.45. The van der Waals surface area contributed by atoms with Crippen LogP contribution in [-0.4, -0.2) is 29.1 Å². The van der Waals surface area contributed by atoms with Crippen molar-refractivity contribution in [2.75, 3.05) is 7.11 Å². The Bertz CT molecular complexity index is 1140. The summed E-state index contributed by atoms with van der Waals surface area (Å²) in [4.78, 5) is 19.2. The van der Waals surface area contributed by atoms with Gasteiger partial charge in [0.15, 0.2) is 0 Å². The van der Waals surface area contributed by atoms with Crippen molar-refractivity contribution in [3.63, 3.8) is 0 Å². The standard InChI is InChI=1S/C22H21N3O2/c1-27-22(26)20-11-16-15-7-3-5-9-18(15)25-21(16)19(24-20)10-13-12-23-17-8-4-2-6-14(13)17/h2-9,12,19-20,23-25H,10-11H2,1H3. The Morgan fingerprint density at radius 2 is 1.81 bits per heavy atom. The molecule has 0 spiro atoms. The largest absolute Gasteiger partial charge is 0.468 e. The molecular formula is C22H21N3O2. The Morgan fingerprint density at radius 1 is 1.07 bits per heavy atom. The number of methoxy groups -OCH3 is 1. The number of H-pyrrole nitrogens is 2. The molecule has 2 unspecified atom stereocenters. The molecule has 0 fully saturated rings. The SMILES string of the molecule is COC(=O)C1Cc2c([nH]c3ccccc23)C(Cc2c[nH]c3ccccc23)N1. The molecule has 1 aliphatic heterocycles. The van der Waals surface area contributed by atoms with E-state index in [1.807, 2.05) is 18.2 Å². The van der Waals surface area contributed by atoms with E-state index >= 15 is 0 Å². The molecule has 0 aliphatic carbocycles. The molecular weight excluding hydrogens is 338 g/mol. The predicted octanol–water partition coefficient (Wildman–Crippen LogP) is 3.62. The number of carbonyl (C=O) groups excluding carboxylic acids is 1. The molecule has 0 saturated heterocycles. The van der Waals surface area contributed by atoms with Gasteiger partial charge in [-0.3, -0.25) is 10.1 Å². The summed E-state index contributed by atoms with van der Waals surface area (Å²) in [5.41, 5.74) is 5.85. The van der Waals surface area contributed by atoms with Gasteiger partial charge in [-0.25, -0.2) is 0 Å². The number of ether oxygens (including phenoxy) is 1. The average molecular weight is 359 g/mol. The zero-order chi connectivity index (χ0) is 18.4. The first-order valence-corrected chi connectivity index (χ1v) is 9.23. The Labute approximate surface area is 156 Å². The summed E-state index contributed by atoms with van der Waals surface area (Å²) in [6.07, 6.45) is 3.49. The molecule has 5 rings (SSSR count). The minimum atomic E-state index is -0.336. The number of nitrogens with one attached hydrogen (secondary N) is 3. The van der Waals surface area contributed by atoms with E-state index in [2.05, 4.69) is 51.8 Å². The fraction of sp³-hybridized carbons (Fsp3) is 0.227. The third kappa shape index (κ3) is 2.62. The van der Waals surface area contributed by atoms with Crippen LogP contribution in [0.4, 0.5) is 0 Å². The van der Waals surface area contributed by atoms with Crippen molar-refractivity contribution in [2.45, 2.75) is 24.9 Å². The molecule has 4 aromatic rings. The smallest absolute Gasteiger partial charge is 0.323 e. The molecule has 3 N–H and O–H groups in total. The lowest BCUT2D eigenvalue weighted by atomic mass is 9.90. The molecule has 0 bridgehead atoms. The van der Waals surface area contributed by atoms with Gasteiger partial charge < -0.3 is 14.7 Å². The highest BCUT2D eigenvalue weighted by atomic mass is 16.5. The summed E-state index contributed by atoms with van der Waals surface area (Å²) < 4.78 is 5.03. The van der Waals surface area contributed by atoms with Gasteiger partial charge in [0.25, 0.3) is 0 Å². The molecule has 0 amide bonds.